The number of nitrogens with one attached hydrogen (secondary N) is 2. The third kappa shape index (κ3) is 21.7. The third-order valence-corrected chi connectivity index (χ3v) is 19.0. The van der Waals surface area contributed by atoms with Crippen LogP contribution < -0.4 is 25.7 Å². The first kappa shape index (κ1) is 71.3. The van der Waals surface area contributed by atoms with Crippen LogP contribution >= 0.6 is 0 Å². The SMILES string of the molecule is CC(=O)[O-].CC(=O)[O-].CN(CCCC(=O)NCCOCCOCCOCCC(=O)Nc1ccc(CC[N+]23CC[N+](C)(CC2)CC3)cc1)S(=O)(=O)c1ccc2c(c1)C(C)(C)\C(=C/C=C/C=C/C=C/C1=[N+](C)c3ccccc3C1(C)C)N2CCCS(=O)(=O)[O-]. The summed E-state index contributed by atoms with van der Waals surface area (Å²) in [5, 5.41) is 23.5. The summed E-state index contributed by atoms with van der Waals surface area (Å²) in [6, 6.07) is 21.5. The number of fused-ring (bicyclic) bond motifs is 5. The van der Waals surface area contributed by atoms with Gasteiger partial charge in [-0.1, -0.05) is 74.6 Å². The monoisotopic (exact) mass is 1250 g/mol. The predicted octanol–water partition coefficient (Wildman–Crippen LogP) is 3.92. The van der Waals surface area contributed by atoms with Crippen LogP contribution in [0.5, 0.6) is 0 Å². The molecule has 5 aliphatic heterocycles. The molecule has 0 aromatic heterocycles. The molecule has 0 saturated carbocycles. The lowest BCUT2D eigenvalue weighted by Crippen LogP contribution is -2.73. The standard InChI is InChI=1S/C60H83N7O10S2.2C2H4O2/c1-59(2)51-17-13-14-18-53(51)64(6)55(59)19-11-9-8-10-12-20-56-60(3,4)52-47-50(26-27-54(52)65(56)32-16-46-78(70,71)72)79(73,74)63(5)31-15-21-57(68)61-30-41-76-43-45-77-44-42-75-40-29-58(69)62-49-24-22-48(23-25-49)28-33-67-37-34-66(7,35-38-67)36-39-67;2*1-2(3)4/h8-14,17-20,22-27,47H,15-16,21,28-46H2,1-7H3;2*1H3,(H,3,4). The van der Waals surface area contributed by atoms with Crippen LogP contribution in [0.3, 0.4) is 0 Å². The van der Waals surface area contributed by atoms with Gasteiger partial charge in [-0.3, -0.25) is 9.59 Å². The number of sulfonamides is 1. The number of carboxylic acid groups (broad SMARTS) is 2. The first-order valence-corrected chi connectivity index (χ1v) is 32.7. The summed E-state index contributed by atoms with van der Waals surface area (Å²) in [6.07, 6.45) is 15.6. The van der Waals surface area contributed by atoms with Crippen LogP contribution in [0.1, 0.15) is 83.9 Å². The highest BCUT2D eigenvalue weighted by Crippen LogP contribution is 2.49. The molecule has 0 atom stereocenters. The predicted molar refractivity (Wildman–Crippen MR) is 332 cm³/mol. The quantitative estimate of drug-likeness (QED) is 0.0315. The minimum atomic E-state index is -4.44. The highest BCUT2D eigenvalue weighted by molar-refractivity contribution is 7.89. The van der Waals surface area contributed by atoms with Crippen LogP contribution in [-0.4, -0.2) is 201 Å². The smallest absolute Gasteiger partial charge is 0.242 e. The lowest BCUT2D eigenvalue weighted by atomic mass is 9.81. The first-order chi connectivity index (χ1) is 41.0. The van der Waals surface area contributed by atoms with Crippen LogP contribution in [-0.2, 0) is 70.8 Å². The molecule has 5 heterocycles. The lowest BCUT2D eigenvalue weighted by molar-refractivity contribution is -1.07. The molecule has 2 bridgehead atoms. The number of ether oxygens (including phenoxy) is 3. The highest BCUT2D eigenvalue weighted by Gasteiger charge is 2.47. The van der Waals surface area contributed by atoms with Gasteiger partial charge in [0.25, 0.3) is 0 Å². The number of hydrogen-bond acceptors (Lipinski definition) is 15. The van der Waals surface area contributed by atoms with E-state index in [1.807, 2.05) is 73.4 Å². The van der Waals surface area contributed by atoms with E-state index in [4.69, 9.17) is 34.0 Å². The number of quaternary nitrogens is 2. The van der Waals surface area contributed by atoms with Gasteiger partial charge in [0.2, 0.25) is 27.5 Å². The van der Waals surface area contributed by atoms with Gasteiger partial charge in [0.05, 0.1) is 80.1 Å². The van der Waals surface area contributed by atoms with E-state index in [1.54, 1.807) is 18.2 Å². The third-order valence-electron chi connectivity index (χ3n) is 16.4. The number of nitrogens with zero attached hydrogens (tertiary/aromatic N) is 5. The Morgan fingerprint density at radius 1 is 0.724 bits per heavy atom. The van der Waals surface area contributed by atoms with Crippen LogP contribution in [0.15, 0.2) is 120 Å². The van der Waals surface area contributed by atoms with E-state index in [1.165, 1.54) is 88.7 Å². The Hall–Kier alpha value is -6.41. The van der Waals surface area contributed by atoms with E-state index in [2.05, 4.69) is 79.6 Å². The number of likely N-dealkylation sites (N-methyl/N-ethyl adjacent to an activating group) is 1. The molecule has 3 fully saturated rings. The number of amides is 2. The van der Waals surface area contributed by atoms with Gasteiger partial charge in [-0.15, -0.1) is 0 Å². The van der Waals surface area contributed by atoms with Crippen molar-refractivity contribution in [2.75, 3.05) is 142 Å². The number of benzene rings is 3. The lowest BCUT2D eigenvalue weighted by Gasteiger charge is -2.54. The minimum Gasteiger partial charge on any atom is -0.748 e. The number of carbonyl (C=O) groups is 4. The van der Waals surface area contributed by atoms with Crippen molar-refractivity contribution in [3.05, 3.63) is 132 Å². The Labute approximate surface area is 515 Å². The highest BCUT2D eigenvalue weighted by atomic mass is 32.2. The van der Waals surface area contributed by atoms with E-state index in [0.717, 1.165) is 42.9 Å². The van der Waals surface area contributed by atoms with Gasteiger partial charge >= 0.3 is 0 Å². The summed E-state index contributed by atoms with van der Waals surface area (Å²) in [6.45, 7) is 21.9. The summed E-state index contributed by atoms with van der Waals surface area (Å²) in [5.74, 6) is -3.00. The summed E-state index contributed by atoms with van der Waals surface area (Å²) in [7, 11) is -2.43. The topological polar surface area (TPSA) is 267 Å². The van der Waals surface area contributed by atoms with Gasteiger partial charge in [0.15, 0.2) is 5.71 Å². The average molecular weight is 1250 g/mol. The van der Waals surface area contributed by atoms with Gasteiger partial charge in [-0.25, -0.2) is 21.1 Å². The Bertz CT molecular complexity index is 3180. The summed E-state index contributed by atoms with van der Waals surface area (Å²) >= 11 is 0. The van der Waals surface area contributed by atoms with E-state index >= 15 is 0 Å². The molecule has 2 amide bonds. The fourth-order valence-electron chi connectivity index (χ4n) is 11.3. The Balaban J connectivity index is 0.00000162. The number of allylic oxidation sites excluding steroid dienone is 8. The maximum absolute atomic E-state index is 13.9. The van der Waals surface area contributed by atoms with E-state index < -0.39 is 43.2 Å². The molecular weight excluding hydrogens is 1150 g/mol. The van der Waals surface area contributed by atoms with Crippen molar-refractivity contribution >= 4 is 66.7 Å². The molecule has 0 aliphatic carbocycles. The van der Waals surface area contributed by atoms with Crippen LogP contribution in [0, 0.1) is 0 Å². The zero-order valence-electron chi connectivity index (χ0n) is 52.2. The average Bonchev–Trinajstić information content (AvgIpc) is 1.80. The largest absolute Gasteiger partial charge is 0.748 e. The Kier molecular flexibility index (Phi) is 26.8. The number of para-hydroxylation sites is 1. The molecule has 5 aliphatic rings. The van der Waals surface area contributed by atoms with Crippen molar-refractivity contribution in [1.29, 1.82) is 0 Å². The van der Waals surface area contributed by atoms with E-state index in [-0.39, 0.29) is 67.7 Å². The molecule has 2 N–H and O–H groups in total. The molecule has 23 heteroatoms. The van der Waals surface area contributed by atoms with Crippen LogP contribution in [0.25, 0.3) is 0 Å². The van der Waals surface area contributed by atoms with Crippen LogP contribution in [0.4, 0.5) is 17.1 Å². The van der Waals surface area contributed by atoms with Gasteiger partial charge in [0.1, 0.15) is 46.3 Å². The molecule has 0 radical (unpaired) electrons. The second-order valence-electron chi connectivity index (χ2n) is 23.7. The number of piperazine rings is 3. The van der Waals surface area contributed by atoms with Crippen molar-refractivity contribution in [3.8, 4) is 0 Å². The zero-order valence-corrected chi connectivity index (χ0v) is 53.8. The minimum absolute atomic E-state index is 0.0941. The molecular formula is C64H91N7O14S2. The second-order valence-corrected chi connectivity index (χ2v) is 27.3. The molecule has 3 saturated heterocycles. The molecule has 0 unspecified atom stereocenters. The molecule has 87 heavy (non-hydrogen) atoms. The van der Waals surface area contributed by atoms with Crippen molar-refractivity contribution in [2.24, 2.45) is 0 Å². The molecule has 3 aromatic rings. The zero-order chi connectivity index (χ0) is 64.1. The number of hydrogen-bond donors (Lipinski definition) is 2. The fourth-order valence-corrected chi connectivity index (χ4v) is 13.0. The number of carbonyl (C=O) groups excluding carboxylic acids is 4. The second kappa shape index (κ2) is 32.7. The van der Waals surface area contributed by atoms with Gasteiger partial charge in [0, 0.05) is 97.4 Å². The molecule has 21 nitrogen and oxygen atoms in total. The maximum Gasteiger partial charge on any atom is 0.242 e. The summed E-state index contributed by atoms with van der Waals surface area (Å²) in [4.78, 5) is 44.9. The van der Waals surface area contributed by atoms with E-state index in [0.29, 0.717) is 39.4 Å². The van der Waals surface area contributed by atoms with Crippen molar-refractivity contribution in [2.45, 2.75) is 89.4 Å². The van der Waals surface area contributed by atoms with Gasteiger partial charge < -0.3 is 63.1 Å². The maximum atomic E-state index is 13.9. The van der Waals surface area contributed by atoms with Crippen molar-refractivity contribution < 1.29 is 78.5 Å². The van der Waals surface area contributed by atoms with Gasteiger partial charge in [-0.2, -0.15) is 4.58 Å². The summed E-state index contributed by atoms with van der Waals surface area (Å²) < 4.78 is 85.2. The molecule has 8 rings (SSSR count). The van der Waals surface area contributed by atoms with Crippen LogP contribution in [0.2, 0.25) is 0 Å². The Morgan fingerprint density at radius 3 is 1.93 bits per heavy atom. The fraction of sp³-hybridized carbons (Fsp3) is 0.516. The van der Waals surface area contributed by atoms with Crippen molar-refractivity contribution in [3.63, 3.8) is 0 Å². The number of aliphatic carboxylic acids is 2. The summed E-state index contributed by atoms with van der Waals surface area (Å²) in [5.41, 5.74) is 7.25. The number of rotatable bonds is 30. The molecule has 478 valence electrons. The normalized spacial score (nSPS) is 19.7. The number of anilines is 2. The number of carboxylic acids is 2. The molecule has 3 aromatic carbocycles. The van der Waals surface area contributed by atoms with Gasteiger partial charge in [-0.05, 0) is 88.1 Å². The van der Waals surface area contributed by atoms with E-state index in [9.17, 15) is 31.0 Å². The Morgan fingerprint density at radius 2 is 1.31 bits per heavy atom. The first-order valence-electron chi connectivity index (χ1n) is 29.7. The molecule has 0 spiro atoms. The van der Waals surface area contributed by atoms with Crippen molar-refractivity contribution in [1.82, 2.24) is 9.62 Å².